The van der Waals surface area contributed by atoms with E-state index in [4.69, 9.17) is 0 Å². The Kier molecular flexibility index (Phi) is 10.3. The predicted octanol–water partition coefficient (Wildman–Crippen LogP) is 6.67. The van der Waals surface area contributed by atoms with Crippen LogP contribution in [0.5, 0.6) is 0 Å². The maximum atomic E-state index is 9.28. The Hall–Kier alpha value is -3.66. The van der Waals surface area contributed by atoms with Crippen LogP contribution in [0.25, 0.3) is 0 Å². The number of benzene rings is 2. The Labute approximate surface area is 257 Å². The minimum Gasteiger partial charge on any atom is -0.363 e. The van der Waals surface area contributed by atoms with Crippen molar-refractivity contribution in [2.45, 2.75) is 37.8 Å². The molecule has 2 N–H and O–H groups in total. The van der Waals surface area contributed by atoms with Gasteiger partial charge in [0.25, 0.3) is 0 Å². The Bertz CT molecular complexity index is 1400. The molecule has 0 amide bonds. The van der Waals surface area contributed by atoms with Crippen molar-refractivity contribution in [2.24, 2.45) is 0 Å². The van der Waals surface area contributed by atoms with Gasteiger partial charge in [0.2, 0.25) is 0 Å². The van der Waals surface area contributed by atoms with Gasteiger partial charge in [-0.15, -0.1) is 22.7 Å². The summed E-state index contributed by atoms with van der Waals surface area (Å²) >= 11 is 3.64. The van der Waals surface area contributed by atoms with Gasteiger partial charge >= 0.3 is 0 Å². The number of rotatable bonds is 10. The molecule has 42 heavy (non-hydrogen) atoms. The smallest absolute Gasteiger partial charge is 0.0995 e. The first-order valence-electron chi connectivity index (χ1n) is 14.6. The van der Waals surface area contributed by atoms with Crippen LogP contribution in [0.4, 0.5) is 11.4 Å². The van der Waals surface area contributed by atoms with E-state index in [0.29, 0.717) is 12.1 Å². The van der Waals surface area contributed by atoms with E-state index in [-0.39, 0.29) is 0 Å². The van der Waals surface area contributed by atoms with Crippen LogP contribution in [-0.4, -0.2) is 40.3 Å². The lowest BCUT2D eigenvalue weighted by atomic mass is 10.1. The summed E-state index contributed by atoms with van der Waals surface area (Å²) in [4.78, 5) is 7.75. The van der Waals surface area contributed by atoms with Crippen molar-refractivity contribution in [3.63, 3.8) is 0 Å². The van der Waals surface area contributed by atoms with Crippen molar-refractivity contribution in [1.82, 2.24) is 10.6 Å². The van der Waals surface area contributed by atoms with Crippen molar-refractivity contribution in [1.29, 1.82) is 10.5 Å². The Morgan fingerprint density at radius 1 is 0.690 bits per heavy atom. The summed E-state index contributed by atoms with van der Waals surface area (Å²) in [5.74, 6) is 0. The number of nitrogens with zero attached hydrogens (tertiary/aromatic N) is 4. The number of hydrogen-bond donors (Lipinski definition) is 2. The summed E-state index contributed by atoms with van der Waals surface area (Å²) < 4.78 is 0. The second-order valence-electron chi connectivity index (χ2n) is 10.6. The van der Waals surface area contributed by atoms with Gasteiger partial charge in [0.1, 0.15) is 0 Å². The quantitative estimate of drug-likeness (QED) is 0.214. The van der Waals surface area contributed by atoms with Crippen LogP contribution in [0.2, 0.25) is 0 Å². The zero-order chi connectivity index (χ0) is 29.3. The molecule has 4 aromatic rings. The number of nitriles is 2. The van der Waals surface area contributed by atoms with Gasteiger partial charge in [0.05, 0.1) is 35.3 Å². The van der Waals surface area contributed by atoms with E-state index in [1.165, 1.54) is 32.3 Å². The van der Waals surface area contributed by atoms with E-state index in [0.717, 1.165) is 63.0 Å². The molecule has 0 radical (unpaired) electrons. The third kappa shape index (κ3) is 6.38. The predicted molar refractivity (Wildman–Crippen MR) is 176 cm³/mol. The number of nitrogens with one attached hydrogen (secondary N) is 2. The fraction of sp³-hybridized carbons (Fsp3) is 0.353. The second kappa shape index (κ2) is 14.5. The van der Waals surface area contributed by atoms with Crippen molar-refractivity contribution < 1.29 is 0 Å². The van der Waals surface area contributed by atoms with E-state index in [2.05, 4.69) is 79.7 Å². The molecule has 2 aliphatic heterocycles. The van der Waals surface area contributed by atoms with E-state index in [1.54, 1.807) is 0 Å². The minimum atomic E-state index is 0.396. The molecule has 0 bridgehead atoms. The Morgan fingerprint density at radius 2 is 1.14 bits per heavy atom. The fourth-order valence-electron chi connectivity index (χ4n) is 6.20. The summed E-state index contributed by atoms with van der Waals surface area (Å²) in [6.07, 6.45) is 4.10. The van der Waals surface area contributed by atoms with Gasteiger partial charge in [0.15, 0.2) is 0 Å². The SMILES string of the molecule is CNCC[C@@H](c1cccs1)N1CCc2c(C#N)cccc21.CNCC[C@H](c1cccs1)N1CCc2c(C#N)cccc21. The van der Waals surface area contributed by atoms with Crippen molar-refractivity contribution >= 4 is 34.0 Å². The molecule has 0 saturated carbocycles. The topological polar surface area (TPSA) is 78.1 Å². The number of hydrogen-bond acceptors (Lipinski definition) is 8. The molecule has 0 saturated heterocycles. The normalized spacial score (nSPS) is 14.8. The van der Waals surface area contributed by atoms with Gasteiger partial charge in [0, 0.05) is 34.2 Å². The zero-order valence-corrected chi connectivity index (χ0v) is 26.0. The standard InChI is InChI=1S/2C17H19N3S/c2*1-19-9-7-16(17-6-3-11-21-17)20-10-8-14-13(12-18)4-2-5-15(14)20/h2*2-6,11,16,19H,7-10H2,1H3/t2*16-/m10/s1. The summed E-state index contributed by atoms with van der Waals surface area (Å²) in [6, 6.07) is 26.3. The maximum Gasteiger partial charge on any atom is 0.0995 e. The number of anilines is 2. The Balaban J connectivity index is 0.000000168. The average molecular weight is 595 g/mol. The molecule has 6 rings (SSSR count). The highest BCUT2D eigenvalue weighted by Crippen LogP contribution is 2.40. The first kappa shape index (κ1) is 29.8. The second-order valence-corrected chi connectivity index (χ2v) is 12.5. The Morgan fingerprint density at radius 3 is 1.50 bits per heavy atom. The van der Waals surface area contributed by atoms with E-state index in [9.17, 15) is 10.5 Å². The lowest BCUT2D eigenvalue weighted by molar-refractivity contribution is 0.576. The monoisotopic (exact) mass is 594 g/mol. The molecule has 8 heteroatoms. The lowest BCUT2D eigenvalue weighted by Crippen LogP contribution is -2.28. The molecule has 0 unspecified atom stereocenters. The van der Waals surface area contributed by atoms with E-state index < -0.39 is 0 Å². The zero-order valence-electron chi connectivity index (χ0n) is 24.3. The van der Waals surface area contributed by atoms with Gasteiger partial charge < -0.3 is 20.4 Å². The molecule has 4 heterocycles. The highest BCUT2D eigenvalue weighted by molar-refractivity contribution is 7.10. The summed E-state index contributed by atoms with van der Waals surface area (Å²) in [6.45, 7) is 3.99. The summed E-state index contributed by atoms with van der Waals surface area (Å²) in [5, 5.41) is 29.3. The van der Waals surface area contributed by atoms with Gasteiger partial charge in [-0.2, -0.15) is 10.5 Å². The van der Waals surface area contributed by atoms with Crippen LogP contribution >= 0.6 is 22.7 Å². The van der Waals surface area contributed by atoms with Crippen molar-refractivity contribution in [3.05, 3.63) is 103 Å². The molecule has 0 spiro atoms. The number of thiophene rings is 2. The molecular weight excluding hydrogens is 557 g/mol. The third-order valence-corrected chi connectivity index (χ3v) is 10.1. The van der Waals surface area contributed by atoms with Crippen LogP contribution in [-0.2, 0) is 12.8 Å². The molecule has 2 atom stereocenters. The molecule has 6 nitrogen and oxygen atoms in total. The van der Waals surface area contributed by atoms with E-state index in [1.807, 2.05) is 61.0 Å². The lowest BCUT2D eigenvalue weighted by Gasteiger charge is -2.30. The average Bonchev–Trinajstić information content (AvgIpc) is 3.85. The summed E-state index contributed by atoms with van der Waals surface area (Å²) in [7, 11) is 3.99. The van der Waals surface area contributed by atoms with E-state index >= 15 is 0 Å². The fourth-order valence-corrected chi connectivity index (χ4v) is 7.95. The molecular formula is C34H38N6S2. The van der Waals surface area contributed by atoms with Crippen molar-refractivity contribution in [2.75, 3.05) is 50.1 Å². The van der Waals surface area contributed by atoms with Gasteiger partial charge in [-0.05, 0) is 111 Å². The maximum absolute atomic E-state index is 9.28. The highest BCUT2D eigenvalue weighted by atomic mass is 32.1. The molecule has 2 aromatic carbocycles. The molecule has 2 aromatic heterocycles. The van der Waals surface area contributed by atoms with Crippen LogP contribution in [0, 0.1) is 22.7 Å². The van der Waals surface area contributed by atoms with Crippen LogP contribution in [0.15, 0.2) is 71.4 Å². The molecule has 0 aliphatic carbocycles. The van der Waals surface area contributed by atoms with Crippen LogP contribution in [0.1, 0.15) is 56.9 Å². The van der Waals surface area contributed by atoms with Crippen LogP contribution < -0.4 is 20.4 Å². The first-order chi connectivity index (χ1) is 20.7. The van der Waals surface area contributed by atoms with Crippen molar-refractivity contribution in [3.8, 4) is 12.1 Å². The first-order valence-corrected chi connectivity index (χ1v) is 16.4. The summed E-state index contributed by atoms with van der Waals surface area (Å²) in [5.41, 5.74) is 6.56. The van der Waals surface area contributed by atoms with Gasteiger partial charge in [-0.3, -0.25) is 0 Å². The molecule has 2 aliphatic rings. The van der Waals surface area contributed by atoms with Gasteiger partial charge in [-0.1, -0.05) is 24.3 Å². The minimum absolute atomic E-state index is 0.396. The van der Waals surface area contributed by atoms with Gasteiger partial charge in [-0.25, -0.2) is 0 Å². The highest BCUT2D eigenvalue weighted by Gasteiger charge is 2.30. The third-order valence-electron chi connectivity index (χ3n) is 8.20. The molecule has 216 valence electrons. The largest absolute Gasteiger partial charge is 0.363 e. The van der Waals surface area contributed by atoms with Crippen LogP contribution in [0.3, 0.4) is 0 Å². The number of fused-ring (bicyclic) bond motifs is 2. The molecule has 0 fully saturated rings.